The van der Waals surface area contributed by atoms with Crippen LogP contribution in [0.15, 0.2) is 65.6 Å². The number of carbonyl (C=O) groups excluding carboxylic acids is 1. The van der Waals surface area contributed by atoms with Crippen LogP contribution in [0, 0.1) is 5.92 Å². The molecule has 0 aliphatic carbocycles. The van der Waals surface area contributed by atoms with Crippen LogP contribution in [0.2, 0.25) is 0 Å². The van der Waals surface area contributed by atoms with Gasteiger partial charge in [-0.05, 0) is 49.4 Å². The summed E-state index contributed by atoms with van der Waals surface area (Å²) in [6.07, 6.45) is 6.43. The van der Waals surface area contributed by atoms with Crippen LogP contribution >= 0.6 is 0 Å². The number of rotatable bonds is 7. The van der Waals surface area contributed by atoms with E-state index < -0.39 is 0 Å². The van der Waals surface area contributed by atoms with E-state index in [1.54, 1.807) is 0 Å². The lowest BCUT2D eigenvalue weighted by Gasteiger charge is -2.33. The third kappa shape index (κ3) is 4.66. The highest BCUT2D eigenvalue weighted by molar-refractivity contribution is 5.91. The van der Waals surface area contributed by atoms with Crippen molar-refractivity contribution in [2.24, 2.45) is 5.92 Å². The van der Waals surface area contributed by atoms with Crippen LogP contribution in [0.4, 0.5) is 17.2 Å². The highest BCUT2D eigenvalue weighted by Gasteiger charge is 2.19. The van der Waals surface area contributed by atoms with Crippen LogP contribution in [0.25, 0.3) is 22.3 Å². The van der Waals surface area contributed by atoms with Gasteiger partial charge in [-0.1, -0.05) is 30.3 Å². The number of H-pyrrole nitrogens is 1. The Labute approximate surface area is 197 Å². The molecule has 1 saturated heterocycles. The quantitative estimate of drug-likeness (QED) is 0.401. The van der Waals surface area contributed by atoms with Gasteiger partial charge in [0.05, 0.1) is 6.20 Å². The molecule has 2 aromatic heterocycles. The van der Waals surface area contributed by atoms with Crippen molar-refractivity contribution in [3.8, 4) is 11.4 Å². The summed E-state index contributed by atoms with van der Waals surface area (Å²) >= 11 is 0. The number of piperidine rings is 1. The molecule has 0 radical (unpaired) electrons. The Morgan fingerprint density at radius 1 is 1.03 bits per heavy atom. The zero-order chi connectivity index (χ0) is 23.3. The molecule has 0 saturated carbocycles. The van der Waals surface area contributed by atoms with Crippen molar-refractivity contribution in [3.05, 3.63) is 71.1 Å². The van der Waals surface area contributed by atoms with E-state index in [-0.39, 0.29) is 5.56 Å². The number of carbonyl (C=O) groups is 1. The second kappa shape index (κ2) is 9.82. The third-order valence-corrected chi connectivity index (χ3v) is 6.35. The molecule has 0 bridgehead atoms. The average molecular weight is 455 g/mol. The van der Waals surface area contributed by atoms with Gasteiger partial charge in [0.2, 0.25) is 0 Å². The van der Waals surface area contributed by atoms with E-state index in [0.29, 0.717) is 34.9 Å². The van der Waals surface area contributed by atoms with E-state index in [1.165, 1.54) is 11.9 Å². The highest BCUT2D eigenvalue weighted by atomic mass is 16.1. The minimum atomic E-state index is -0.339. The molecule has 172 valence electrons. The standard InChI is InChI=1S/C26H26N6O2/c33-16-4-5-18-12-14-32(15-13-18)21-10-8-20(9-11-21)28-25-23-22(17-27-31-26(23)34)29-24(30-25)19-6-2-1-3-7-19/h1-3,6-11,16-18H,4-5,12-15H2,(H,31,34)(H,28,29,30). The maximum atomic E-state index is 12.5. The smallest absolute Gasteiger partial charge is 0.277 e. The van der Waals surface area contributed by atoms with E-state index in [2.05, 4.69) is 42.5 Å². The summed E-state index contributed by atoms with van der Waals surface area (Å²) in [5, 5.41) is 10.1. The predicted octanol–water partition coefficient (Wildman–Crippen LogP) is 4.32. The molecule has 3 heterocycles. The molecule has 4 aromatic rings. The van der Waals surface area contributed by atoms with Gasteiger partial charge < -0.3 is 15.0 Å². The molecule has 8 heteroatoms. The topological polar surface area (TPSA) is 104 Å². The van der Waals surface area contributed by atoms with Gasteiger partial charge in [0.1, 0.15) is 23.0 Å². The van der Waals surface area contributed by atoms with Gasteiger partial charge in [-0.25, -0.2) is 15.1 Å². The number of aldehydes is 1. The number of hydrogen-bond donors (Lipinski definition) is 2. The molecule has 34 heavy (non-hydrogen) atoms. The Morgan fingerprint density at radius 2 is 1.79 bits per heavy atom. The Bertz CT molecular complexity index is 1330. The summed E-state index contributed by atoms with van der Waals surface area (Å²) in [7, 11) is 0. The molecular weight excluding hydrogens is 428 g/mol. The SMILES string of the molecule is O=CCCC1CCN(c2ccc(Nc3nc(-c4ccccc4)nc4cn[nH]c(=O)c34)cc2)CC1. The van der Waals surface area contributed by atoms with E-state index in [0.717, 1.165) is 49.9 Å². The van der Waals surface area contributed by atoms with Crippen LogP contribution in [0.3, 0.4) is 0 Å². The largest absolute Gasteiger partial charge is 0.372 e. The van der Waals surface area contributed by atoms with E-state index in [1.807, 2.05) is 42.5 Å². The van der Waals surface area contributed by atoms with Crippen molar-refractivity contribution >= 4 is 34.4 Å². The fraction of sp³-hybridized carbons (Fsp3) is 0.269. The maximum absolute atomic E-state index is 12.5. The first-order chi connectivity index (χ1) is 16.7. The van der Waals surface area contributed by atoms with Crippen LogP contribution in [0.1, 0.15) is 25.7 Å². The van der Waals surface area contributed by atoms with Crippen molar-refractivity contribution in [2.75, 3.05) is 23.3 Å². The van der Waals surface area contributed by atoms with Crippen LogP contribution < -0.4 is 15.8 Å². The van der Waals surface area contributed by atoms with Crippen LogP contribution in [0.5, 0.6) is 0 Å². The zero-order valence-corrected chi connectivity index (χ0v) is 18.8. The lowest BCUT2D eigenvalue weighted by atomic mass is 9.92. The summed E-state index contributed by atoms with van der Waals surface area (Å²) in [4.78, 5) is 34.8. The Morgan fingerprint density at radius 3 is 2.53 bits per heavy atom. The van der Waals surface area contributed by atoms with Crippen molar-refractivity contribution in [1.82, 2.24) is 20.2 Å². The first-order valence-electron chi connectivity index (χ1n) is 11.6. The third-order valence-electron chi connectivity index (χ3n) is 6.35. The second-order valence-electron chi connectivity index (χ2n) is 8.57. The second-order valence-corrected chi connectivity index (χ2v) is 8.57. The fourth-order valence-electron chi connectivity index (χ4n) is 4.49. The van der Waals surface area contributed by atoms with Gasteiger partial charge in [-0.2, -0.15) is 5.10 Å². The first kappa shape index (κ1) is 21.8. The summed E-state index contributed by atoms with van der Waals surface area (Å²) < 4.78 is 0. The van der Waals surface area contributed by atoms with Crippen molar-refractivity contribution < 1.29 is 4.79 Å². The van der Waals surface area contributed by atoms with Gasteiger partial charge in [0, 0.05) is 36.4 Å². The minimum Gasteiger partial charge on any atom is -0.372 e. The molecule has 0 unspecified atom stereocenters. The van der Waals surface area contributed by atoms with E-state index in [9.17, 15) is 9.59 Å². The Balaban J connectivity index is 1.38. The molecule has 8 nitrogen and oxygen atoms in total. The molecule has 1 fully saturated rings. The summed E-state index contributed by atoms with van der Waals surface area (Å²) in [6.45, 7) is 1.99. The normalized spacial score (nSPS) is 14.3. The zero-order valence-electron chi connectivity index (χ0n) is 18.8. The predicted molar refractivity (Wildman–Crippen MR) is 133 cm³/mol. The molecular formula is C26H26N6O2. The van der Waals surface area contributed by atoms with Crippen LogP contribution in [-0.2, 0) is 4.79 Å². The first-order valence-corrected chi connectivity index (χ1v) is 11.6. The number of fused-ring (bicyclic) bond motifs is 1. The minimum absolute atomic E-state index is 0.339. The number of anilines is 3. The Kier molecular flexibility index (Phi) is 6.29. The number of aromatic amines is 1. The molecule has 2 N–H and O–H groups in total. The molecule has 0 atom stereocenters. The van der Waals surface area contributed by atoms with E-state index in [4.69, 9.17) is 0 Å². The molecule has 5 rings (SSSR count). The lowest BCUT2D eigenvalue weighted by Crippen LogP contribution is -2.33. The summed E-state index contributed by atoms with van der Waals surface area (Å²) in [5.74, 6) is 1.60. The number of aromatic nitrogens is 4. The van der Waals surface area contributed by atoms with Gasteiger partial charge >= 0.3 is 0 Å². The molecule has 1 aliphatic rings. The summed E-state index contributed by atoms with van der Waals surface area (Å²) in [6, 6.07) is 17.8. The molecule has 0 spiro atoms. The van der Waals surface area contributed by atoms with Gasteiger partial charge in [-0.15, -0.1) is 0 Å². The van der Waals surface area contributed by atoms with Gasteiger partial charge in [0.15, 0.2) is 5.82 Å². The number of benzene rings is 2. The number of hydrogen-bond acceptors (Lipinski definition) is 7. The van der Waals surface area contributed by atoms with Gasteiger partial charge in [0.25, 0.3) is 5.56 Å². The Hall–Kier alpha value is -4.07. The van der Waals surface area contributed by atoms with E-state index >= 15 is 0 Å². The van der Waals surface area contributed by atoms with Crippen molar-refractivity contribution in [2.45, 2.75) is 25.7 Å². The van der Waals surface area contributed by atoms with Gasteiger partial charge in [-0.3, -0.25) is 4.79 Å². The maximum Gasteiger partial charge on any atom is 0.277 e. The van der Waals surface area contributed by atoms with Crippen molar-refractivity contribution in [3.63, 3.8) is 0 Å². The summed E-state index contributed by atoms with van der Waals surface area (Å²) in [5.41, 5.74) is 3.00. The monoisotopic (exact) mass is 454 g/mol. The highest BCUT2D eigenvalue weighted by Crippen LogP contribution is 2.29. The fourth-order valence-corrected chi connectivity index (χ4v) is 4.49. The molecule has 1 aliphatic heterocycles. The average Bonchev–Trinajstić information content (AvgIpc) is 2.89. The number of nitrogens with zero attached hydrogens (tertiary/aromatic N) is 4. The molecule has 0 amide bonds. The lowest BCUT2D eigenvalue weighted by molar-refractivity contribution is -0.108. The van der Waals surface area contributed by atoms with Crippen LogP contribution in [-0.4, -0.2) is 39.5 Å². The number of nitrogens with one attached hydrogen (secondary N) is 2. The molecule has 2 aromatic carbocycles. The van der Waals surface area contributed by atoms with Crippen molar-refractivity contribution in [1.29, 1.82) is 0 Å².